The molecule has 2 atom stereocenters. The molecule has 0 unspecified atom stereocenters. The molecule has 4 heterocycles. The predicted molar refractivity (Wildman–Crippen MR) is 119 cm³/mol. The summed E-state index contributed by atoms with van der Waals surface area (Å²) < 4.78 is 20.9. The van der Waals surface area contributed by atoms with Gasteiger partial charge < -0.3 is 15.4 Å². The van der Waals surface area contributed by atoms with Crippen LogP contribution in [0.15, 0.2) is 17.1 Å². The fourth-order valence-corrected chi connectivity index (χ4v) is 6.00. The first-order chi connectivity index (χ1) is 14.3. The molecule has 158 valence electrons. The lowest BCUT2D eigenvalue weighted by Crippen LogP contribution is -2.54. The Kier molecular flexibility index (Phi) is 4.65. The minimum Gasteiger partial charge on any atom is -0.479 e. The van der Waals surface area contributed by atoms with Crippen LogP contribution in [0.5, 0.6) is 5.88 Å². The zero-order chi connectivity index (χ0) is 21.2. The second-order valence-electron chi connectivity index (χ2n) is 7.83. The standard InChI is InChI=1S/C19H20FIN6O2S/c1-26-16(28)10-7-27(8-19(10,25-17(26)22)11-5-6-12(21)30-11)18-23-14(9-3-4-9)13(20)15(24-18)29-2/h5-6,9-10H,3-4,7-8H2,1-2H3,(H2,22,25)/t10-,19-/m0/s1. The van der Waals surface area contributed by atoms with Crippen LogP contribution in [0.2, 0.25) is 0 Å². The third-order valence-electron chi connectivity index (χ3n) is 5.97. The minimum atomic E-state index is -0.813. The molecule has 1 aliphatic carbocycles. The highest BCUT2D eigenvalue weighted by atomic mass is 127. The summed E-state index contributed by atoms with van der Waals surface area (Å²) in [5, 5.41) is 0. The monoisotopic (exact) mass is 542 g/mol. The Hall–Kier alpha value is -2.02. The molecule has 1 saturated heterocycles. The first-order valence-corrected chi connectivity index (χ1v) is 11.5. The van der Waals surface area contributed by atoms with Gasteiger partial charge in [-0.15, -0.1) is 11.3 Å². The lowest BCUT2D eigenvalue weighted by atomic mass is 9.84. The Morgan fingerprint density at radius 2 is 2.13 bits per heavy atom. The Labute approximate surface area is 190 Å². The summed E-state index contributed by atoms with van der Waals surface area (Å²) in [5.41, 5.74) is 5.69. The van der Waals surface area contributed by atoms with E-state index >= 15 is 0 Å². The van der Waals surface area contributed by atoms with Gasteiger partial charge in [-0.2, -0.15) is 9.37 Å². The minimum absolute atomic E-state index is 0.0667. The van der Waals surface area contributed by atoms with Gasteiger partial charge in [-0.1, -0.05) is 0 Å². The molecule has 0 bridgehead atoms. The van der Waals surface area contributed by atoms with E-state index in [9.17, 15) is 9.18 Å². The van der Waals surface area contributed by atoms with Gasteiger partial charge in [-0.25, -0.2) is 9.98 Å². The Bertz CT molecular complexity index is 1070. The van der Waals surface area contributed by atoms with E-state index in [1.807, 2.05) is 17.0 Å². The normalized spacial score (nSPS) is 26.1. The second kappa shape index (κ2) is 7.01. The number of aliphatic imine (C=N–C) groups is 1. The first kappa shape index (κ1) is 19.9. The summed E-state index contributed by atoms with van der Waals surface area (Å²) >= 11 is 3.85. The van der Waals surface area contributed by atoms with Crippen LogP contribution >= 0.6 is 33.9 Å². The highest BCUT2D eigenvalue weighted by molar-refractivity contribution is 14.1. The molecule has 0 radical (unpaired) electrons. The zero-order valence-electron chi connectivity index (χ0n) is 16.4. The van der Waals surface area contributed by atoms with Gasteiger partial charge in [0.15, 0.2) is 5.96 Å². The van der Waals surface area contributed by atoms with Crippen molar-refractivity contribution in [3.63, 3.8) is 0 Å². The number of thiophene rings is 1. The van der Waals surface area contributed by atoms with Crippen molar-refractivity contribution in [1.29, 1.82) is 0 Å². The van der Waals surface area contributed by atoms with E-state index in [4.69, 9.17) is 15.5 Å². The lowest BCUT2D eigenvalue weighted by Gasteiger charge is -2.36. The van der Waals surface area contributed by atoms with Crippen molar-refractivity contribution >= 4 is 51.7 Å². The van der Waals surface area contributed by atoms with Crippen LogP contribution in [0.3, 0.4) is 0 Å². The molecule has 5 rings (SSSR count). The molecule has 1 saturated carbocycles. The number of carbonyl (C=O) groups excluding carboxylic acids is 1. The van der Waals surface area contributed by atoms with E-state index in [0.717, 1.165) is 20.6 Å². The molecule has 0 spiro atoms. The molecule has 30 heavy (non-hydrogen) atoms. The highest BCUT2D eigenvalue weighted by Gasteiger charge is 2.56. The number of amides is 1. The number of nitrogens with zero attached hydrogens (tertiary/aromatic N) is 5. The molecule has 0 aromatic carbocycles. The van der Waals surface area contributed by atoms with Crippen LogP contribution in [-0.2, 0) is 10.3 Å². The number of fused-ring (bicyclic) bond motifs is 1. The van der Waals surface area contributed by atoms with Crippen molar-refractivity contribution in [3.05, 3.63) is 31.4 Å². The second-order valence-corrected chi connectivity index (χ2v) is 10.8. The van der Waals surface area contributed by atoms with Crippen LogP contribution in [0, 0.1) is 14.6 Å². The summed E-state index contributed by atoms with van der Waals surface area (Å²) in [6, 6.07) is 4.01. The fourth-order valence-electron chi connectivity index (χ4n) is 4.20. The van der Waals surface area contributed by atoms with Crippen LogP contribution in [0.25, 0.3) is 0 Å². The van der Waals surface area contributed by atoms with E-state index in [1.54, 1.807) is 18.4 Å². The van der Waals surface area contributed by atoms with E-state index in [1.165, 1.54) is 12.0 Å². The third-order valence-corrected chi connectivity index (χ3v) is 8.03. The quantitative estimate of drug-likeness (QED) is 0.596. The van der Waals surface area contributed by atoms with E-state index in [2.05, 4.69) is 32.6 Å². The number of ether oxygens (including phenoxy) is 1. The molecule has 2 aromatic rings. The van der Waals surface area contributed by atoms with Gasteiger partial charge in [0.25, 0.3) is 5.88 Å². The summed E-state index contributed by atoms with van der Waals surface area (Å²) in [7, 11) is 3.03. The SMILES string of the molecule is COc1nc(N2C[C@H]3C(=O)N(C)C(N)=N[C@@]3(c3ccc(I)s3)C2)nc(C2CC2)c1F. The van der Waals surface area contributed by atoms with Gasteiger partial charge in [0.1, 0.15) is 5.54 Å². The Balaban J connectivity index is 1.61. The first-order valence-electron chi connectivity index (χ1n) is 9.59. The van der Waals surface area contributed by atoms with Gasteiger partial charge in [0, 0.05) is 24.4 Å². The summed E-state index contributed by atoms with van der Waals surface area (Å²) in [4.78, 5) is 31.1. The number of guanidine groups is 1. The Morgan fingerprint density at radius 1 is 1.37 bits per heavy atom. The molecule has 2 fully saturated rings. The van der Waals surface area contributed by atoms with Crippen molar-refractivity contribution < 1.29 is 13.9 Å². The van der Waals surface area contributed by atoms with Gasteiger partial charge in [0.05, 0.1) is 28.2 Å². The highest BCUT2D eigenvalue weighted by Crippen LogP contribution is 2.48. The maximum atomic E-state index is 14.7. The van der Waals surface area contributed by atoms with Crippen LogP contribution in [0.1, 0.15) is 29.3 Å². The average Bonchev–Trinajstić information content (AvgIpc) is 3.35. The molecular weight excluding hydrogens is 522 g/mol. The molecule has 2 aromatic heterocycles. The summed E-state index contributed by atoms with van der Waals surface area (Å²) in [6.07, 6.45) is 1.81. The number of hydrogen-bond donors (Lipinski definition) is 1. The number of hydrogen-bond acceptors (Lipinski definition) is 8. The fraction of sp³-hybridized carbons (Fsp3) is 0.474. The molecule has 3 aliphatic rings. The number of carbonyl (C=O) groups is 1. The van der Waals surface area contributed by atoms with E-state index in [-0.39, 0.29) is 23.7 Å². The van der Waals surface area contributed by atoms with Crippen LogP contribution < -0.4 is 15.4 Å². The molecular formula is C19H20FIN6O2S. The number of aromatic nitrogens is 2. The number of methoxy groups -OCH3 is 1. The molecule has 2 aliphatic heterocycles. The van der Waals surface area contributed by atoms with Gasteiger partial charge in [-0.05, 0) is 47.6 Å². The maximum Gasteiger partial charge on any atom is 0.255 e. The van der Waals surface area contributed by atoms with E-state index in [0.29, 0.717) is 24.7 Å². The number of rotatable bonds is 4. The smallest absolute Gasteiger partial charge is 0.255 e. The zero-order valence-corrected chi connectivity index (χ0v) is 19.4. The lowest BCUT2D eigenvalue weighted by molar-refractivity contribution is -0.132. The van der Waals surface area contributed by atoms with Crippen LogP contribution in [-0.4, -0.2) is 54.0 Å². The van der Waals surface area contributed by atoms with Gasteiger partial charge >= 0.3 is 0 Å². The summed E-state index contributed by atoms with van der Waals surface area (Å²) in [5.74, 6) is -0.445. The van der Waals surface area contributed by atoms with Crippen molar-refractivity contribution in [2.45, 2.75) is 24.3 Å². The third kappa shape index (κ3) is 2.96. The van der Waals surface area contributed by atoms with Crippen molar-refractivity contribution in [1.82, 2.24) is 14.9 Å². The molecule has 11 heteroatoms. The average molecular weight is 542 g/mol. The Morgan fingerprint density at radius 3 is 2.77 bits per heavy atom. The van der Waals surface area contributed by atoms with E-state index < -0.39 is 17.3 Å². The summed E-state index contributed by atoms with van der Waals surface area (Å²) in [6.45, 7) is 0.751. The van der Waals surface area contributed by atoms with Crippen molar-refractivity contribution in [2.75, 3.05) is 32.1 Å². The van der Waals surface area contributed by atoms with Crippen LogP contribution in [0.4, 0.5) is 10.3 Å². The molecule has 1 amide bonds. The maximum absolute atomic E-state index is 14.7. The molecule has 8 nitrogen and oxygen atoms in total. The largest absolute Gasteiger partial charge is 0.479 e. The molecule has 2 N–H and O–H groups in total. The van der Waals surface area contributed by atoms with Crippen molar-refractivity contribution in [2.24, 2.45) is 16.6 Å². The van der Waals surface area contributed by atoms with Gasteiger partial charge in [-0.3, -0.25) is 9.69 Å². The predicted octanol–water partition coefficient (Wildman–Crippen LogP) is 2.29. The van der Waals surface area contributed by atoms with Gasteiger partial charge in [0.2, 0.25) is 17.7 Å². The number of anilines is 1. The number of nitrogens with two attached hydrogens (primary N) is 1. The number of halogens is 2. The topological polar surface area (TPSA) is 96.9 Å². The van der Waals surface area contributed by atoms with Crippen molar-refractivity contribution in [3.8, 4) is 5.88 Å².